The zero-order chi connectivity index (χ0) is 25.9. The van der Waals surface area contributed by atoms with E-state index in [2.05, 4.69) is 13.8 Å². The molecule has 0 atom stereocenters. The lowest BCUT2D eigenvalue weighted by Crippen LogP contribution is -2.20. The van der Waals surface area contributed by atoms with Crippen molar-refractivity contribution >= 4 is 0 Å². The lowest BCUT2D eigenvalue weighted by Gasteiger charge is -2.30. The Kier molecular flexibility index (Phi) is 8.36. The van der Waals surface area contributed by atoms with Crippen molar-refractivity contribution in [3.63, 3.8) is 0 Å². The number of benzene rings is 2. The molecule has 0 saturated heterocycles. The molecule has 0 aromatic heterocycles. The van der Waals surface area contributed by atoms with Gasteiger partial charge in [0.2, 0.25) is 11.6 Å². The molecular weight excluding hydrogens is 473 g/mol. The van der Waals surface area contributed by atoms with Gasteiger partial charge >= 0.3 is 0 Å². The molecule has 37 heavy (non-hydrogen) atoms. The van der Waals surface area contributed by atoms with Crippen molar-refractivity contribution in [1.29, 1.82) is 0 Å². The summed E-state index contributed by atoms with van der Waals surface area (Å²) in [6, 6.07) is 5.21. The third-order valence-corrected chi connectivity index (χ3v) is 9.12. The summed E-state index contributed by atoms with van der Waals surface area (Å²) in [7, 11) is 0. The number of fused-ring (bicyclic) bond motifs is 2. The molecule has 2 aromatic carbocycles. The van der Waals surface area contributed by atoms with Gasteiger partial charge in [0.25, 0.3) is 0 Å². The number of rotatable bonds is 8. The largest absolute Gasteiger partial charge is 0.490 e. The molecule has 0 spiro atoms. The van der Waals surface area contributed by atoms with E-state index in [4.69, 9.17) is 9.47 Å². The van der Waals surface area contributed by atoms with Gasteiger partial charge in [0, 0.05) is 17.5 Å². The molecule has 2 fully saturated rings. The SMILES string of the molecule is CCCC1CCC(COc2ccc3c(c2F)Oc2c(cc(C4CCC(CCC)CC4)c(F)c2F)C3)CC1. The average molecular weight is 515 g/mol. The molecule has 0 bridgehead atoms. The Hall–Kier alpha value is -2.17. The lowest BCUT2D eigenvalue weighted by molar-refractivity contribution is 0.173. The van der Waals surface area contributed by atoms with Gasteiger partial charge in [-0.05, 0) is 79.9 Å². The van der Waals surface area contributed by atoms with Gasteiger partial charge in [-0.3, -0.25) is 0 Å². The highest BCUT2D eigenvalue weighted by Crippen LogP contribution is 2.46. The summed E-state index contributed by atoms with van der Waals surface area (Å²) in [5, 5.41) is 0. The minimum atomic E-state index is -0.997. The van der Waals surface area contributed by atoms with E-state index in [-0.39, 0.29) is 23.2 Å². The molecule has 2 nitrogen and oxygen atoms in total. The molecular formula is C32H41F3O2. The van der Waals surface area contributed by atoms with E-state index in [0.717, 1.165) is 50.9 Å². The molecule has 5 heteroatoms. The molecule has 0 unspecified atom stereocenters. The van der Waals surface area contributed by atoms with Crippen LogP contribution in [0.25, 0.3) is 0 Å². The van der Waals surface area contributed by atoms with Gasteiger partial charge in [0.05, 0.1) is 6.61 Å². The van der Waals surface area contributed by atoms with Crippen LogP contribution < -0.4 is 9.47 Å². The number of hydrogen-bond donors (Lipinski definition) is 0. The second kappa shape index (κ2) is 11.7. The molecule has 202 valence electrons. The second-order valence-corrected chi connectivity index (χ2v) is 11.7. The third-order valence-electron chi connectivity index (χ3n) is 9.12. The molecule has 1 aliphatic heterocycles. The van der Waals surface area contributed by atoms with Crippen LogP contribution in [0.2, 0.25) is 0 Å². The molecule has 0 N–H and O–H groups in total. The summed E-state index contributed by atoms with van der Waals surface area (Å²) in [6.07, 6.45) is 13.7. The van der Waals surface area contributed by atoms with E-state index in [9.17, 15) is 0 Å². The maximum absolute atomic E-state index is 15.4. The van der Waals surface area contributed by atoms with Gasteiger partial charge in [-0.15, -0.1) is 0 Å². The highest BCUT2D eigenvalue weighted by atomic mass is 19.2. The van der Waals surface area contributed by atoms with E-state index in [1.807, 2.05) is 0 Å². The zero-order valence-electron chi connectivity index (χ0n) is 22.4. The molecule has 2 aromatic rings. The topological polar surface area (TPSA) is 18.5 Å². The Bertz CT molecular complexity index is 1080. The Labute approximate surface area is 219 Å². The van der Waals surface area contributed by atoms with Crippen molar-refractivity contribution in [1.82, 2.24) is 0 Å². The molecule has 1 heterocycles. The van der Waals surface area contributed by atoms with Crippen LogP contribution in [0, 0.1) is 35.2 Å². The molecule has 2 saturated carbocycles. The summed E-state index contributed by atoms with van der Waals surface area (Å²) < 4.78 is 57.4. The van der Waals surface area contributed by atoms with Crippen LogP contribution in [0.15, 0.2) is 18.2 Å². The maximum Gasteiger partial charge on any atom is 0.207 e. The van der Waals surface area contributed by atoms with Crippen LogP contribution in [-0.2, 0) is 6.42 Å². The second-order valence-electron chi connectivity index (χ2n) is 11.7. The normalized spacial score (nSPS) is 25.2. The minimum absolute atomic E-state index is 0.0267. The Balaban J connectivity index is 1.28. The standard InChI is InChI=1S/C32H41F3O2/c1-3-5-20-7-9-22(10-8-20)19-36-27-16-15-24-17-25-18-26(23-13-11-21(6-4-2)12-14-23)28(33)30(35)32(25)37-31(24)29(27)34/h15-16,18,20-23H,3-14,17,19H2,1-2H3. The fourth-order valence-corrected chi connectivity index (χ4v) is 6.94. The van der Waals surface area contributed by atoms with Gasteiger partial charge in [0.15, 0.2) is 23.1 Å². The Morgan fingerprint density at radius 1 is 0.730 bits per heavy atom. The fraction of sp³-hybridized carbons (Fsp3) is 0.625. The van der Waals surface area contributed by atoms with E-state index >= 15 is 13.2 Å². The monoisotopic (exact) mass is 514 g/mol. The van der Waals surface area contributed by atoms with Crippen molar-refractivity contribution in [3.8, 4) is 17.2 Å². The number of halogens is 3. The Morgan fingerprint density at radius 2 is 1.32 bits per heavy atom. The summed E-state index contributed by atoms with van der Waals surface area (Å²) in [5.74, 6) is -0.608. The van der Waals surface area contributed by atoms with Crippen molar-refractivity contribution in [2.75, 3.05) is 6.61 Å². The third kappa shape index (κ3) is 5.66. The van der Waals surface area contributed by atoms with Crippen LogP contribution in [-0.4, -0.2) is 6.61 Å². The molecule has 0 radical (unpaired) electrons. The van der Waals surface area contributed by atoms with Gasteiger partial charge in [-0.25, -0.2) is 4.39 Å². The summed E-state index contributed by atoms with van der Waals surface area (Å²) in [6.45, 7) is 4.89. The summed E-state index contributed by atoms with van der Waals surface area (Å²) >= 11 is 0. The van der Waals surface area contributed by atoms with Gasteiger partial charge in [-0.1, -0.05) is 58.4 Å². The van der Waals surface area contributed by atoms with E-state index in [1.165, 1.54) is 32.1 Å². The minimum Gasteiger partial charge on any atom is -0.490 e. The van der Waals surface area contributed by atoms with Crippen molar-refractivity contribution in [2.24, 2.45) is 17.8 Å². The quantitative estimate of drug-likeness (QED) is 0.298. The highest BCUT2D eigenvalue weighted by Gasteiger charge is 2.32. The highest BCUT2D eigenvalue weighted by molar-refractivity contribution is 5.55. The van der Waals surface area contributed by atoms with Crippen LogP contribution in [0.5, 0.6) is 17.2 Å². The zero-order valence-corrected chi connectivity index (χ0v) is 22.4. The molecule has 5 rings (SSSR count). The van der Waals surface area contributed by atoms with Crippen LogP contribution in [0.4, 0.5) is 13.2 Å². The van der Waals surface area contributed by atoms with E-state index in [0.29, 0.717) is 41.6 Å². The van der Waals surface area contributed by atoms with Crippen molar-refractivity contribution in [2.45, 2.75) is 103 Å². The predicted octanol–water partition coefficient (Wildman–Crippen LogP) is 9.86. The summed E-state index contributed by atoms with van der Waals surface area (Å²) in [5.41, 5.74) is 1.68. The van der Waals surface area contributed by atoms with Gasteiger partial charge < -0.3 is 9.47 Å². The molecule has 2 aliphatic carbocycles. The fourth-order valence-electron chi connectivity index (χ4n) is 6.94. The average Bonchev–Trinajstić information content (AvgIpc) is 2.91. The maximum atomic E-state index is 15.4. The van der Waals surface area contributed by atoms with E-state index < -0.39 is 17.5 Å². The molecule has 3 aliphatic rings. The first-order chi connectivity index (χ1) is 18.0. The van der Waals surface area contributed by atoms with Crippen molar-refractivity contribution < 1.29 is 22.6 Å². The predicted molar refractivity (Wildman–Crippen MR) is 141 cm³/mol. The Morgan fingerprint density at radius 3 is 1.97 bits per heavy atom. The summed E-state index contributed by atoms with van der Waals surface area (Å²) in [4.78, 5) is 0. The van der Waals surface area contributed by atoms with E-state index in [1.54, 1.807) is 18.2 Å². The van der Waals surface area contributed by atoms with Crippen LogP contribution >= 0.6 is 0 Å². The first-order valence-corrected chi connectivity index (χ1v) is 14.6. The number of ether oxygens (including phenoxy) is 2. The number of hydrogen-bond acceptors (Lipinski definition) is 2. The van der Waals surface area contributed by atoms with Crippen LogP contribution in [0.1, 0.15) is 114 Å². The van der Waals surface area contributed by atoms with Gasteiger partial charge in [-0.2, -0.15) is 8.78 Å². The first kappa shape index (κ1) is 26.4. The van der Waals surface area contributed by atoms with Gasteiger partial charge in [0.1, 0.15) is 0 Å². The van der Waals surface area contributed by atoms with Crippen molar-refractivity contribution in [3.05, 3.63) is 52.3 Å². The lowest BCUT2D eigenvalue weighted by atomic mass is 9.76. The van der Waals surface area contributed by atoms with Crippen LogP contribution in [0.3, 0.4) is 0 Å². The molecule has 0 amide bonds. The smallest absolute Gasteiger partial charge is 0.207 e. The first-order valence-electron chi connectivity index (χ1n) is 14.6.